The van der Waals surface area contributed by atoms with Crippen LogP contribution >= 0.6 is 11.3 Å². The molecule has 0 saturated heterocycles. The molecule has 4 heteroatoms. The number of hydrogen-bond donors (Lipinski definition) is 1. The molecule has 0 spiro atoms. The average molecular weight is 205 g/mol. The van der Waals surface area contributed by atoms with Crippen LogP contribution in [0.1, 0.15) is 16.5 Å². The van der Waals surface area contributed by atoms with Crippen LogP contribution in [0.25, 0.3) is 0 Å². The van der Waals surface area contributed by atoms with Crippen LogP contribution in [-0.2, 0) is 6.42 Å². The van der Waals surface area contributed by atoms with E-state index in [9.17, 15) is 0 Å². The molecule has 3 nitrogen and oxygen atoms in total. The van der Waals surface area contributed by atoms with Gasteiger partial charge in [0.05, 0.1) is 5.51 Å². The molecule has 0 bridgehead atoms. The molecule has 1 atom stereocenters. The normalized spacial score (nSPS) is 12.6. The maximum atomic E-state index is 6.01. The first kappa shape index (κ1) is 9.30. The van der Waals surface area contributed by atoms with E-state index >= 15 is 0 Å². The molecule has 0 aromatic carbocycles. The third-order valence-corrected chi connectivity index (χ3v) is 2.90. The lowest BCUT2D eigenvalue weighted by molar-refractivity contribution is 0.732. The highest BCUT2D eigenvalue weighted by Crippen LogP contribution is 2.18. The van der Waals surface area contributed by atoms with E-state index in [1.807, 2.05) is 24.5 Å². The molecule has 2 aromatic heterocycles. The molecule has 0 aliphatic heterocycles. The molecule has 0 saturated carbocycles. The van der Waals surface area contributed by atoms with Crippen molar-refractivity contribution in [2.75, 3.05) is 0 Å². The molecule has 0 fully saturated rings. The number of thiazole rings is 1. The molecule has 2 rings (SSSR count). The summed E-state index contributed by atoms with van der Waals surface area (Å²) in [5.41, 5.74) is 8.98. The van der Waals surface area contributed by atoms with E-state index in [2.05, 4.69) is 9.97 Å². The molecule has 0 aliphatic rings. The summed E-state index contributed by atoms with van der Waals surface area (Å²) < 4.78 is 0. The molecular weight excluding hydrogens is 194 g/mol. The van der Waals surface area contributed by atoms with Gasteiger partial charge in [0.1, 0.15) is 0 Å². The molecule has 2 N–H and O–H groups in total. The van der Waals surface area contributed by atoms with Gasteiger partial charge in [-0.1, -0.05) is 6.07 Å². The smallest absolute Gasteiger partial charge is 0.0794 e. The van der Waals surface area contributed by atoms with E-state index in [-0.39, 0.29) is 6.04 Å². The van der Waals surface area contributed by atoms with E-state index in [0.717, 1.165) is 16.9 Å². The quantitative estimate of drug-likeness (QED) is 0.831. The van der Waals surface area contributed by atoms with E-state index in [1.165, 1.54) is 0 Å². The molecule has 0 radical (unpaired) electrons. The predicted octanol–water partition coefficient (Wildman–Crippen LogP) is 1.78. The Kier molecular flexibility index (Phi) is 2.86. The van der Waals surface area contributed by atoms with E-state index in [0.29, 0.717) is 0 Å². The molecule has 2 heterocycles. The van der Waals surface area contributed by atoms with Crippen LogP contribution in [0.3, 0.4) is 0 Å². The van der Waals surface area contributed by atoms with Crippen molar-refractivity contribution in [3.05, 3.63) is 46.7 Å². The maximum absolute atomic E-state index is 6.01. The van der Waals surface area contributed by atoms with Crippen molar-refractivity contribution in [2.45, 2.75) is 12.5 Å². The van der Waals surface area contributed by atoms with Gasteiger partial charge in [0, 0.05) is 29.5 Å². The van der Waals surface area contributed by atoms with Gasteiger partial charge in [0.25, 0.3) is 0 Å². The number of nitrogens with two attached hydrogens (primary N) is 1. The van der Waals surface area contributed by atoms with Crippen molar-refractivity contribution >= 4 is 11.3 Å². The SMILES string of the molecule is NC(Cc1cccnc1)c1cncs1. The predicted molar refractivity (Wildman–Crippen MR) is 57.0 cm³/mol. The van der Waals surface area contributed by atoms with Crippen LogP contribution in [0.5, 0.6) is 0 Å². The largest absolute Gasteiger partial charge is 0.323 e. The number of aromatic nitrogens is 2. The van der Waals surface area contributed by atoms with Gasteiger partial charge in [0.2, 0.25) is 0 Å². The highest BCUT2D eigenvalue weighted by molar-refractivity contribution is 7.09. The van der Waals surface area contributed by atoms with Crippen molar-refractivity contribution in [1.29, 1.82) is 0 Å². The van der Waals surface area contributed by atoms with Crippen LogP contribution in [0.15, 0.2) is 36.2 Å². The second-order valence-corrected chi connectivity index (χ2v) is 3.99. The fourth-order valence-corrected chi connectivity index (χ4v) is 1.91. The van der Waals surface area contributed by atoms with Gasteiger partial charge in [-0.25, -0.2) is 0 Å². The van der Waals surface area contributed by atoms with Crippen LogP contribution in [0, 0.1) is 0 Å². The lowest BCUT2D eigenvalue weighted by atomic mass is 10.1. The zero-order chi connectivity index (χ0) is 9.80. The van der Waals surface area contributed by atoms with Crippen molar-refractivity contribution < 1.29 is 0 Å². The molecule has 0 aliphatic carbocycles. The zero-order valence-electron chi connectivity index (χ0n) is 7.63. The molecule has 1 unspecified atom stereocenters. The Bertz CT molecular complexity index is 372. The number of nitrogens with zero attached hydrogens (tertiary/aromatic N) is 2. The third-order valence-electron chi connectivity index (χ3n) is 2.00. The van der Waals surface area contributed by atoms with Crippen molar-refractivity contribution in [1.82, 2.24) is 9.97 Å². The summed E-state index contributed by atoms with van der Waals surface area (Å²) in [6.45, 7) is 0. The van der Waals surface area contributed by atoms with Gasteiger partial charge in [-0.15, -0.1) is 11.3 Å². The summed E-state index contributed by atoms with van der Waals surface area (Å²) in [5.74, 6) is 0. The number of pyridine rings is 1. The Balaban J connectivity index is 2.06. The van der Waals surface area contributed by atoms with E-state index in [4.69, 9.17) is 5.73 Å². The van der Waals surface area contributed by atoms with Crippen LogP contribution in [0.4, 0.5) is 0 Å². The second kappa shape index (κ2) is 4.30. The Hall–Kier alpha value is -1.26. The van der Waals surface area contributed by atoms with Gasteiger partial charge in [-0.3, -0.25) is 9.97 Å². The van der Waals surface area contributed by atoms with Gasteiger partial charge < -0.3 is 5.73 Å². The second-order valence-electron chi connectivity index (χ2n) is 3.08. The van der Waals surface area contributed by atoms with Crippen molar-refractivity contribution in [2.24, 2.45) is 5.73 Å². The summed E-state index contributed by atoms with van der Waals surface area (Å²) in [5, 5.41) is 0. The zero-order valence-corrected chi connectivity index (χ0v) is 8.45. The summed E-state index contributed by atoms with van der Waals surface area (Å²) >= 11 is 1.59. The molecule has 0 amide bonds. The topological polar surface area (TPSA) is 51.8 Å². The van der Waals surface area contributed by atoms with E-state index < -0.39 is 0 Å². The summed E-state index contributed by atoms with van der Waals surface area (Å²) in [6, 6.07) is 3.99. The van der Waals surface area contributed by atoms with Gasteiger partial charge in [0.15, 0.2) is 0 Å². The highest BCUT2D eigenvalue weighted by Gasteiger charge is 2.08. The third kappa shape index (κ3) is 2.16. The van der Waals surface area contributed by atoms with Crippen LogP contribution in [-0.4, -0.2) is 9.97 Å². The minimum absolute atomic E-state index is 0.0340. The van der Waals surface area contributed by atoms with Crippen molar-refractivity contribution in [3.8, 4) is 0 Å². The number of rotatable bonds is 3. The number of hydrogen-bond acceptors (Lipinski definition) is 4. The van der Waals surface area contributed by atoms with Gasteiger partial charge >= 0.3 is 0 Å². The fraction of sp³-hybridized carbons (Fsp3) is 0.200. The highest BCUT2D eigenvalue weighted by atomic mass is 32.1. The summed E-state index contributed by atoms with van der Waals surface area (Å²) in [6.07, 6.45) is 6.25. The minimum Gasteiger partial charge on any atom is -0.323 e. The first-order valence-corrected chi connectivity index (χ1v) is 5.27. The first-order valence-electron chi connectivity index (χ1n) is 4.39. The first-order chi connectivity index (χ1) is 6.86. The average Bonchev–Trinajstić information content (AvgIpc) is 2.72. The van der Waals surface area contributed by atoms with Gasteiger partial charge in [-0.05, 0) is 18.1 Å². The lowest BCUT2D eigenvalue weighted by Crippen LogP contribution is -2.11. The lowest BCUT2D eigenvalue weighted by Gasteiger charge is -2.07. The minimum atomic E-state index is 0.0340. The molecular formula is C10H11N3S. The monoisotopic (exact) mass is 205 g/mol. The Morgan fingerprint density at radius 3 is 2.93 bits per heavy atom. The standard InChI is InChI=1S/C10H11N3S/c11-9(10-6-13-7-14-10)4-8-2-1-3-12-5-8/h1-3,5-7,9H,4,11H2. The van der Waals surface area contributed by atoms with Crippen LogP contribution < -0.4 is 5.73 Å². The van der Waals surface area contributed by atoms with Crippen molar-refractivity contribution in [3.63, 3.8) is 0 Å². The van der Waals surface area contributed by atoms with Gasteiger partial charge in [-0.2, -0.15) is 0 Å². The Labute approximate surface area is 86.6 Å². The fourth-order valence-electron chi connectivity index (χ4n) is 1.28. The molecule has 72 valence electrons. The maximum Gasteiger partial charge on any atom is 0.0794 e. The molecule has 2 aromatic rings. The Morgan fingerprint density at radius 1 is 1.36 bits per heavy atom. The van der Waals surface area contributed by atoms with E-state index in [1.54, 1.807) is 23.0 Å². The summed E-state index contributed by atoms with van der Waals surface area (Å²) in [7, 11) is 0. The Morgan fingerprint density at radius 2 is 2.29 bits per heavy atom. The van der Waals surface area contributed by atoms with Crippen LogP contribution in [0.2, 0.25) is 0 Å². The summed E-state index contributed by atoms with van der Waals surface area (Å²) in [4.78, 5) is 9.18. The molecule has 14 heavy (non-hydrogen) atoms.